The maximum absolute atomic E-state index is 13.6. The van der Waals surface area contributed by atoms with Crippen molar-refractivity contribution in [3.63, 3.8) is 0 Å². The Bertz CT molecular complexity index is 493. The third-order valence-corrected chi connectivity index (χ3v) is 4.49. The standard InChI is InChI=1S/C10H14ClFN2O2S/c1-2-14(6-5-13)17(15,16)10-4-3-8(11)7-9(10)12/h3-4,7H,2,5-6,13H2,1H3. The Morgan fingerprint density at radius 2 is 2.12 bits per heavy atom. The number of hydrogen-bond acceptors (Lipinski definition) is 3. The molecule has 0 amide bonds. The van der Waals surface area contributed by atoms with Gasteiger partial charge in [0.1, 0.15) is 10.7 Å². The molecule has 2 N–H and O–H groups in total. The molecule has 0 fully saturated rings. The lowest BCUT2D eigenvalue weighted by atomic mass is 10.3. The maximum Gasteiger partial charge on any atom is 0.246 e. The molecule has 0 unspecified atom stereocenters. The van der Waals surface area contributed by atoms with Crippen molar-refractivity contribution in [2.24, 2.45) is 5.73 Å². The molecule has 1 aromatic carbocycles. The normalized spacial score (nSPS) is 12.1. The van der Waals surface area contributed by atoms with Crippen molar-refractivity contribution in [3.05, 3.63) is 29.0 Å². The van der Waals surface area contributed by atoms with Crippen LogP contribution in [0, 0.1) is 5.82 Å². The van der Waals surface area contributed by atoms with Gasteiger partial charge in [0, 0.05) is 24.7 Å². The molecule has 4 nitrogen and oxygen atoms in total. The van der Waals surface area contributed by atoms with E-state index in [0.717, 1.165) is 16.4 Å². The highest BCUT2D eigenvalue weighted by molar-refractivity contribution is 7.89. The SMILES string of the molecule is CCN(CCN)S(=O)(=O)c1ccc(Cl)cc1F. The summed E-state index contributed by atoms with van der Waals surface area (Å²) in [6.45, 7) is 2.24. The molecule has 0 heterocycles. The van der Waals surface area contributed by atoms with Crippen molar-refractivity contribution in [3.8, 4) is 0 Å². The van der Waals surface area contributed by atoms with Gasteiger partial charge in [-0.3, -0.25) is 0 Å². The van der Waals surface area contributed by atoms with Crippen molar-refractivity contribution >= 4 is 21.6 Å². The Kier molecular flexibility index (Phi) is 4.88. The number of hydrogen-bond donors (Lipinski definition) is 1. The number of likely N-dealkylation sites (N-methyl/N-ethyl adjacent to an activating group) is 1. The first-order chi connectivity index (χ1) is 7.93. The van der Waals surface area contributed by atoms with Gasteiger partial charge in [-0.1, -0.05) is 18.5 Å². The molecule has 1 aromatic rings. The molecule has 1 rings (SSSR count). The summed E-state index contributed by atoms with van der Waals surface area (Å²) in [6, 6.07) is 3.48. The van der Waals surface area contributed by atoms with E-state index in [2.05, 4.69) is 0 Å². The van der Waals surface area contributed by atoms with Crippen LogP contribution in [0.1, 0.15) is 6.92 Å². The predicted octanol–water partition coefficient (Wildman–Crippen LogP) is 1.45. The lowest BCUT2D eigenvalue weighted by Crippen LogP contribution is -2.35. The van der Waals surface area contributed by atoms with Crippen LogP contribution >= 0.6 is 11.6 Å². The van der Waals surface area contributed by atoms with Crippen LogP contribution in [0.2, 0.25) is 5.02 Å². The Morgan fingerprint density at radius 1 is 1.47 bits per heavy atom. The van der Waals surface area contributed by atoms with Crippen LogP contribution in [-0.2, 0) is 10.0 Å². The molecule has 0 radical (unpaired) electrons. The van der Waals surface area contributed by atoms with Gasteiger partial charge in [0.2, 0.25) is 10.0 Å². The second kappa shape index (κ2) is 5.77. The van der Waals surface area contributed by atoms with E-state index in [1.165, 1.54) is 6.07 Å². The van der Waals surface area contributed by atoms with Crippen LogP contribution in [0.3, 0.4) is 0 Å². The van der Waals surface area contributed by atoms with E-state index in [0.29, 0.717) is 0 Å². The molecule has 0 saturated carbocycles. The van der Waals surface area contributed by atoms with Crippen molar-refractivity contribution < 1.29 is 12.8 Å². The number of rotatable bonds is 5. The molecule has 0 aromatic heterocycles. The lowest BCUT2D eigenvalue weighted by molar-refractivity contribution is 0.431. The average molecular weight is 281 g/mol. The van der Waals surface area contributed by atoms with E-state index in [9.17, 15) is 12.8 Å². The van der Waals surface area contributed by atoms with Crippen LogP contribution < -0.4 is 5.73 Å². The third-order valence-electron chi connectivity index (χ3n) is 2.24. The molecule has 17 heavy (non-hydrogen) atoms. The molecule has 0 aliphatic rings. The zero-order valence-electron chi connectivity index (χ0n) is 9.36. The van der Waals surface area contributed by atoms with Gasteiger partial charge in [0.15, 0.2) is 0 Å². The smallest absolute Gasteiger partial charge is 0.246 e. The van der Waals surface area contributed by atoms with Crippen LogP contribution in [0.5, 0.6) is 0 Å². The lowest BCUT2D eigenvalue weighted by Gasteiger charge is -2.19. The first-order valence-electron chi connectivity index (χ1n) is 5.08. The van der Waals surface area contributed by atoms with E-state index in [4.69, 9.17) is 17.3 Å². The predicted molar refractivity (Wildman–Crippen MR) is 64.9 cm³/mol. The molecular formula is C10H14ClFN2O2S. The number of sulfonamides is 1. The van der Waals surface area contributed by atoms with Crippen molar-refractivity contribution in [1.82, 2.24) is 4.31 Å². The molecule has 0 atom stereocenters. The van der Waals surface area contributed by atoms with Crippen molar-refractivity contribution in [2.75, 3.05) is 19.6 Å². The minimum Gasteiger partial charge on any atom is -0.329 e. The summed E-state index contributed by atoms with van der Waals surface area (Å²) in [5.74, 6) is -0.854. The fourth-order valence-corrected chi connectivity index (χ4v) is 3.08. The highest BCUT2D eigenvalue weighted by Crippen LogP contribution is 2.22. The van der Waals surface area contributed by atoms with Crippen LogP contribution in [0.25, 0.3) is 0 Å². The monoisotopic (exact) mass is 280 g/mol. The molecule has 7 heteroatoms. The van der Waals surface area contributed by atoms with E-state index >= 15 is 0 Å². The molecule has 0 spiro atoms. The molecule has 96 valence electrons. The summed E-state index contributed by atoms with van der Waals surface area (Å²) in [7, 11) is -3.84. The minimum absolute atomic E-state index is 0.154. The van der Waals surface area contributed by atoms with Gasteiger partial charge in [-0.15, -0.1) is 0 Å². The highest BCUT2D eigenvalue weighted by atomic mass is 35.5. The fraction of sp³-hybridized carbons (Fsp3) is 0.400. The maximum atomic E-state index is 13.6. The van der Waals surface area contributed by atoms with Crippen molar-refractivity contribution in [1.29, 1.82) is 0 Å². The summed E-state index contributed by atoms with van der Waals surface area (Å²) in [4.78, 5) is -0.378. The molecule has 0 saturated heterocycles. The van der Waals surface area contributed by atoms with Crippen LogP contribution in [0.15, 0.2) is 23.1 Å². The van der Waals surface area contributed by atoms with Gasteiger partial charge in [-0.25, -0.2) is 12.8 Å². The van der Waals surface area contributed by atoms with Gasteiger partial charge in [0.25, 0.3) is 0 Å². The first-order valence-corrected chi connectivity index (χ1v) is 6.90. The van der Waals surface area contributed by atoms with Gasteiger partial charge >= 0.3 is 0 Å². The zero-order valence-corrected chi connectivity index (χ0v) is 10.9. The van der Waals surface area contributed by atoms with Crippen LogP contribution in [0.4, 0.5) is 4.39 Å². The topological polar surface area (TPSA) is 63.4 Å². The third kappa shape index (κ3) is 3.16. The van der Waals surface area contributed by atoms with Gasteiger partial charge in [-0.05, 0) is 18.2 Å². The summed E-state index contributed by atoms with van der Waals surface area (Å²) < 4.78 is 38.8. The molecule has 0 bridgehead atoms. The molecular weight excluding hydrogens is 267 g/mol. The van der Waals surface area contributed by atoms with Gasteiger partial charge in [0.05, 0.1) is 0 Å². The van der Waals surface area contributed by atoms with E-state index in [1.807, 2.05) is 0 Å². The van der Waals surface area contributed by atoms with Gasteiger partial charge < -0.3 is 5.73 Å². The van der Waals surface area contributed by atoms with Crippen molar-refractivity contribution in [2.45, 2.75) is 11.8 Å². The quantitative estimate of drug-likeness (QED) is 0.888. The Morgan fingerprint density at radius 3 is 2.59 bits per heavy atom. The van der Waals surface area contributed by atoms with Crippen LogP contribution in [-0.4, -0.2) is 32.4 Å². The van der Waals surface area contributed by atoms with E-state index in [-0.39, 0.29) is 29.6 Å². The summed E-state index contributed by atoms with van der Waals surface area (Å²) in [6.07, 6.45) is 0. The van der Waals surface area contributed by atoms with E-state index < -0.39 is 15.8 Å². The summed E-state index contributed by atoms with van der Waals surface area (Å²) in [5.41, 5.74) is 5.32. The second-order valence-corrected chi connectivity index (χ2v) is 5.70. The zero-order chi connectivity index (χ0) is 13.1. The molecule has 0 aliphatic carbocycles. The highest BCUT2D eigenvalue weighted by Gasteiger charge is 2.25. The average Bonchev–Trinajstić information content (AvgIpc) is 2.24. The summed E-state index contributed by atoms with van der Waals surface area (Å²) >= 11 is 5.57. The summed E-state index contributed by atoms with van der Waals surface area (Å²) in [5, 5.41) is 0.156. The Balaban J connectivity index is 3.20. The van der Waals surface area contributed by atoms with Gasteiger partial charge in [-0.2, -0.15) is 4.31 Å². The number of nitrogens with zero attached hydrogens (tertiary/aromatic N) is 1. The number of halogens is 2. The Labute approximate surface area is 105 Å². The second-order valence-electron chi connectivity index (χ2n) is 3.36. The Hall–Kier alpha value is -0.690. The first kappa shape index (κ1) is 14.4. The fourth-order valence-electron chi connectivity index (χ4n) is 1.42. The number of nitrogens with two attached hydrogens (primary N) is 1. The largest absolute Gasteiger partial charge is 0.329 e. The molecule has 0 aliphatic heterocycles. The van der Waals surface area contributed by atoms with E-state index in [1.54, 1.807) is 6.92 Å². The number of benzene rings is 1. The minimum atomic E-state index is -3.84.